The van der Waals surface area contributed by atoms with E-state index in [9.17, 15) is 9.59 Å². The van der Waals surface area contributed by atoms with Crippen LogP contribution in [0.4, 0.5) is 0 Å². The lowest BCUT2D eigenvalue weighted by Gasteiger charge is -2.28. The van der Waals surface area contributed by atoms with Crippen molar-refractivity contribution in [1.82, 2.24) is 10.2 Å². The summed E-state index contributed by atoms with van der Waals surface area (Å²) in [6.45, 7) is 1.47. The molecule has 2 heterocycles. The monoisotopic (exact) mass is 335 g/mol. The second-order valence-corrected chi connectivity index (χ2v) is 7.61. The van der Waals surface area contributed by atoms with Crippen LogP contribution in [0.15, 0.2) is 11.4 Å². The number of thiophene rings is 1. The highest BCUT2D eigenvalue weighted by molar-refractivity contribution is 7.10. The molecule has 126 valence electrons. The van der Waals surface area contributed by atoms with E-state index in [-0.39, 0.29) is 30.3 Å². The van der Waals surface area contributed by atoms with Gasteiger partial charge in [0.1, 0.15) is 0 Å². The number of nitrogens with two attached hydrogens (primary N) is 1. The standard InChI is InChI=1S/C17H25N3O2S/c18-13-1-3-14(4-2-13)19-16(21)5-6-17(22)20-9-7-15-12(11-20)8-10-23-15/h8,10,13-14H,1-7,9,11,18H2,(H,19,21). The van der Waals surface area contributed by atoms with Crippen molar-refractivity contribution in [3.05, 3.63) is 21.9 Å². The smallest absolute Gasteiger partial charge is 0.223 e. The van der Waals surface area contributed by atoms with Crippen molar-refractivity contribution in [2.75, 3.05) is 6.54 Å². The van der Waals surface area contributed by atoms with Crippen LogP contribution < -0.4 is 11.1 Å². The minimum Gasteiger partial charge on any atom is -0.353 e. The Morgan fingerprint density at radius 1 is 1.26 bits per heavy atom. The molecule has 23 heavy (non-hydrogen) atoms. The van der Waals surface area contributed by atoms with Crippen molar-refractivity contribution in [2.24, 2.45) is 5.73 Å². The van der Waals surface area contributed by atoms with Gasteiger partial charge in [0.05, 0.1) is 0 Å². The van der Waals surface area contributed by atoms with Crippen LogP contribution in [-0.2, 0) is 22.6 Å². The second kappa shape index (κ2) is 7.45. The van der Waals surface area contributed by atoms with E-state index < -0.39 is 0 Å². The van der Waals surface area contributed by atoms with Crippen molar-refractivity contribution in [3.8, 4) is 0 Å². The summed E-state index contributed by atoms with van der Waals surface area (Å²) >= 11 is 1.77. The first-order valence-electron chi connectivity index (χ1n) is 8.50. The van der Waals surface area contributed by atoms with Gasteiger partial charge in [0.25, 0.3) is 0 Å². The Labute approximate surface area is 141 Å². The summed E-state index contributed by atoms with van der Waals surface area (Å²) in [6, 6.07) is 2.62. The Kier molecular flexibility index (Phi) is 5.33. The van der Waals surface area contributed by atoms with Gasteiger partial charge in [-0.3, -0.25) is 9.59 Å². The Bertz CT molecular complexity index is 564. The molecule has 0 saturated heterocycles. The van der Waals surface area contributed by atoms with Gasteiger partial charge in [0.15, 0.2) is 0 Å². The zero-order valence-corrected chi connectivity index (χ0v) is 14.2. The van der Waals surface area contributed by atoms with Crippen molar-refractivity contribution in [2.45, 2.75) is 63.6 Å². The maximum absolute atomic E-state index is 12.3. The largest absolute Gasteiger partial charge is 0.353 e. The van der Waals surface area contributed by atoms with Gasteiger partial charge in [-0.25, -0.2) is 0 Å². The highest BCUT2D eigenvalue weighted by Crippen LogP contribution is 2.24. The van der Waals surface area contributed by atoms with Gasteiger partial charge in [-0.05, 0) is 49.1 Å². The van der Waals surface area contributed by atoms with E-state index in [2.05, 4.69) is 16.8 Å². The molecule has 0 unspecified atom stereocenters. The topological polar surface area (TPSA) is 75.4 Å². The number of hydrogen-bond donors (Lipinski definition) is 2. The third-order valence-electron chi connectivity index (χ3n) is 4.86. The third kappa shape index (κ3) is 4.32. The van der Waals surface area contributed by atoms with Gasteiger partial charge in [-0.15, -0.1) is 11.3 Å². The lowest BCUT2D eigenvalue weighted by atomic mass is 9.92. The fourth-order valence-electron chi connectivity index (χ4n) is 3.40. The van der Waals surface area contributed by atoms with E-state index >= 15 is 0 Å². The molecule has 6 heteroatoms. The van der Waals surface area contributed by atoms with Gasteiger partial charge in [0.2, 0.25) is 11.8 Å². The molecule has 1 aromatic heterocycles. The summed E-state index contributed by atoms with van der Waals surface area (Å²) in [6.07, 6.45) is 5.38. The predicted molar refractivity (Wildman–Crippen MR) is 91.0 cm³/mol. The number of rotatable bonds is 4. The molecule has 1 aromatic rings. The summed E-state index contributed by atoms with van der Waals surface area (Å²) in [4.78, 5) is 27.6. The molecule has 0 spiro atoms. The first-order valence-corrected chi connectivity index (χ1v) is 9.38. The van der Waals surface area contributed by atoms with Crippen molar-refractivity contribution in [3.63, 3.8) is 0 Å². The van der Waals surface area contributed by atoms with Crippen LogP contribution in [-0.4, -0.2) is 35.3 Å². The molecule has 1 saturated carbocycles. The van der Waals surface area contributed by atoms with E-state index in [1.807, 2.05) is 4.90 Å². The molecule has 3 rings (SSSR count). The van der Waals surface area contributed by atoms with E-state index in [1.165, 1.54) is 10.4 Å². The van der Waals surface area contributed by atoms with E-state index in [0.717, 1.165) is 38.6 Å². The highest BCUT2D eigenvalue weighted by Gasteiger charge is 2.23. The number of nitrogens with one attached hydrogen (secondary N) is 1. The zero-order valence-electron chi connectivity index (χ0n) is 13.4. The summed E-state index contributed by atoms with van der Waals surface area (Å²) in [5, 5.41) is 5.13. The molecule has 2 aliphatic rings. The number of carbonyl (C=O) groups excluding carboxylic acids is 2. The second-order valence-electron chi connectivity index (χ2n) is 6.61. The molecule has 0 radical (unpaired) electrons. The van der Waals surface area contributed by atoms with Gasteiger partial charge < -0.3 is 16.0 Å². The molecule has 2 amide bonds. The quantitative estimate of drug-likeness (QED) is 0.881. The van der Waals surface area contributed by atoms with E-state index in [1.54, 1.807) is 11.3 Å². The first kappa shape index (κ1) is 16.5. The summed E-state index contributed by atoms with van der Waals surface area (Å²) in [7, 11) is 0. The molecular formula is C17H25N3O2S. The van der Waals surface area contributed by atoms with Crippen molar-refractivity contribution in [1.29, 1.82) is 0 Å². The number of fused-ring (bicyclic) bond motifs is 1. The molecule has 3 N–H and O–H groups in total. The predicted octanol–water partition coefficient (Wildman–Crippen LogP) is 1.80. The summed E-state index contributed by atoms with van der Waals surface area (Å²) in [5.74, 6) is 0.0784. The zero-order chi connectivity index (χ0) is 16.2. The highest BCUT2D eigenvalue weighted by atomic mass is 32.1. The molecule has 1 fully saturated rings. The van der Waals surface area contributed by atoms with Crippen LogP contribution in [0.25, 0.3) is 0 Å². The first-order chi connectivity index (χ1) is 11.1. The average Bonchev–Trinajstić information content (AvgIpc) is 3.02. The van der Waals surface area contributed by atoms with E-state index in [0.29, 0.717) is 13.0 Å². The number of amides is 2. The van der Waals surface area contributed by atoms with Crippen molar-refractivity contribution >= 4 is 23.2 Å². The summed E-state index contributed by atoms with van der Waals surface area (Å²) in [5.41, 5.74) is 7.13. The average molecular weight is 335 g/mol. The maximum atomic E-state index is 12.3. The Balaban J connectivity index is 1.40. The van der Waals surface area contributed by atoms with Crippen LogP contribution >= 0.6 is 11.3 Å². The lowest BCUT2D eigenvalue weighted by Crippen LogP contribution is -2.41. The molecule has 0 bridgehead atoms. The maximum Gasteiger partial charge on any atom is 0.223 e. The molecule has 0 aromatic carbocycles. The number of nitrogens with zero attached hydrogens (tertiary/aromatic N) is 1. The third-order valence-corrected chi connectivity index (χ3v) is 5.89. The molecule has 1 aliphatic carbocycles. The van der Waals surface area contributed by atoms with Gasteiger partial charge >= 0.3 is 0 Å². The van der Waals surface area contributed by atoms with E-state index in [4.69, 9.17) is 5.73 Å². The van der Waals surface area contributed by atoms with Gasteiger partial charge in [-0.2, -0.15) is 0 Å². The van der Waals surface area contributed by atoms with Crippen molar-refractivity contribution < 1.29 is 9.59 Å². The number of hydrogen-bond acceptors (Lipinski definition) is 4. The van der Waals surface area contributed by atoms with Crippen LogP contribution in [0.1, 0.15) is 49.0 Å². The van der Waals surface area contributed by atoms with Crippen LogP contribution in [0.5, 0.6) is 0 Å². The lowest BCUT2D eigenvalue weighted by molar-refractivity contribution is -0.134. The Morgan fingerprint density at radius 3 is 2.83 bits per heavy atom. The fraction of sp³-hybridized carbons (Fsp3) is 0.647. The normalized spacial score (nSPS) is 24.1. The fourth-order valence-corrected chi connectivity index (χ4v) is 4.29. The minimum absolute atomic E-state index is 0.00736. The molecule has 0 atom stereocenters. The molecular weight excluding hydrogens is 310 g/mol. The van der Waals surface area contributed by atoms with Gasteiger partial charge in [0, 0.05) is 42.9 Å². The Morgan fingerprint density at radius 2 is 2.04 bits per heavy atom. The SMILES string of the molecule is NC1CCC(NC(=O)CCC(=O)N2CCc3sccc3C2)CC1. The minimum atomic E-state index is -0.00736. The van der Waals surface area contributed by atoms with Crippen LogP contribution in [0.3, 0.4) is 0 Å². The Hall–Kier alpha value is -1.40. The van der Waals surface area contributed by atoms with Crippen LogP contribution in [0, 0.1) is 0 Å². The van der Waals surface area contributed by atoms with Crippen LogP contribution in [0.2, 0.25) is 0 Å². The molecule has 1 aliphatic heterocycles. The summed E-state index contributed by atoms with van der Waals surface area (Å²) < 4.78 is 0. The number of carbonyl (C=O) groups is 2. The van der Waals surface area contributed by atoms with Gasteiger partial charge in [-0.1, -0.05) is 0 Å². The molecule has 5 nitrogen and oxygen atoms in total.